The molecule has 0 fully saturated rings. The zero-order chi connectivity index (χ0) is 16.9. The van der Waals surface area contributed by atoms with E-state index in [4.69, 9.17) is 8.85 Å². The van der Waals surface area contributed by atoms with Crippen LogP contribution in [0.4, 0.5) is 0 Å². The summed E-state index contributed by atoms with van der Waals surface area (Å²) in [6, 6.07) is 0. The molecule has 0 amide bonds. The van der Waals surface area contributed by atoms with Gasteiger partial charge in [0.15, 0.2) is 16.6 Å². The summed E-state index contributed by atoms with van der Waals surface area (Å²) < 4.78 is 12.7. The topological polar surface area (TPSA) is 18.5 Å². The molecule has 0 unspecified atom stereocenters. The molecule has 0 aliphatic carbocycles. The van der Waals surface area contributed by atoms with Gasteiger partial charge in [-0.3, -0.25) is 0 Å². The number of rotatable bonds is 10. The van der Waals surface area contributed by atoms with Gasteiger partial charge in [0.2, 0.25) is 0 Å². The van der Waals surface area contributed by atoms with Crippen LogP contribution in [0.1, 0.15) is 40.5 Å². The lowest BCUT2D eigenvalue weighted by Gasteiger charge is -2.41. The Morgan fingerprint density at radius 2 is 1.14 bits per heavy atom. The highest BCUT2D eigenvalue weighted by Gasteiger charge is 2.37. The second kappa shape index (κ2) is 8.27. The van der Waals surface area contributed by atoms with E-state index in [-0.39, 0.29) is 5.41 Å². The monoisotopic (exact) mass is 332 g/mol. The van der Waals surface area contributed by atoms with Gasteiger partial charge in [-0.05, 0) is 57.5 Å². The van der Waals surface area contributed by atoms with Crippen molar-refractivity contribution >= 4 is 16.6 Å². The van der Waals surface area contributed by atoms with Gasteiger partial charge < -0.3 is 8.85 Å². The third-order valence-electron chi connectivity index (χ3n) is 4.03. The summed E-state index contributed by atoms with van der Waals surface area (Å²) in [7, 11) is -2.98. The molecule has 0 aliphatic heterocycles. The van der Waals surface area contributed by atoms with Gasteiger partial charge in [0.25, 0.3) is 0 Å². The smallest absolute Gasteiger partial charge is 0.183 e. The van der Waals surface area contributed by atoms with Gasteiger partial charge in [-0.15, -0.1) is 0 Å². The Labute approximate surface area is 136 Å². The first kappa shape index (κ1) is 21.4. The molecule has 0 aliphatic rings. The van der Waals surface area contributed by atoms with Crippen LogP contribution >= 0.6 is 0 Å². The summed E-state index contributed by atoms with van der Waals surface area (Å²) >= 11 is 0. The molecule has 0 bridgehead atoms. The lowest BCUT2D eigenvalue weighted by Crippen LogP contribution is -2.44. The first-order chi connectivity index (χ1) is 9.27. The second-order valence-electron chi connectivity index (χ2n) is 9.25. The standard InChI is InChI=1S/C17H40O2Si2/c1-15(2)11-12-17(16(3)4,13-18-20(5,6)7)14-19-21(8,9)10/h15-16H,11-14H2,1-10H3. The molecule has 0 saturated carbocycles. The van der Waals surface area contributed by atoms with E-state index >= 15 is 0 Å². The summed E-state index contributed by atoms with van der Waals surface area (Å²) in [4.78, 5) is 0. The molecule has 128 valence electrons. The minimum atomic E-state index is -1.49. The Kier molecular flexibility index (Phi) is 8.41. The maximum atomic E-state index is 6.33. The normalized spacial score (nSPS) is 14.3. The van der Waals surface area contributed by atoms with Gasteiger partial charge >= 0.3 is 0 Å². The van der Waals surface area contributed by atoms with Gasteiger partial charge in [0.1, 0.15) is 0 Å². The van der Waals surface area contributed by atoms with E-state index in [1.807, 2.05) is 0 Å². The minimum Gasteiger partial charge on any atom is -0.417 e. The number of hydrogen-bond donors (Lipinski definition) is 0. The van der Waals surface area contributed by atoms with E-state index in [0.717, 1.165) is 19.1 Å². The Bertz CT molecular complexity index is 270. The maximum Gasteiger partial charge on any atom is 0.183 e. The van der Waals surface area contributed by atoms with Crippen LogP contribution in [-0.2, 0) is 8.85 Å². The average molecular weight is 333 g/mol. The molecule has 0 aromatic heterocycles. The first-order valence-electron chi connectivity index (χ1n) is 8.55. The van der Waals surface area contributed by atoms with Gasteiger partial charge in [0.05, 0.1) is 0 Å². The molecule has 0 atom stereocenters. The molecule has 0 rings (SSSR count). The van der Waals surface area contributed by atoms with Crippen LogP contribution in [0.15, 0.2) is 0 Å². The van der Waals surface area contributed by atoms with Crippen LogP contribution in [0.5, 0.6) is 0 Å². The lowest BCUT2D eigenvalue weighted by atomic mass is 9.74. The Morgan fingerprint density at radius 3 is 1.38 bits per heavy atom. The highest BCUT2D eigenvalue weighted by molar-refractivity contribution is 6.70. The maximum absolute atomic E-state index is 6.33. The summed E-state index contributed by atoms with van der Waals surface area (Å²) in [5.74, 6) is 1.32. The lowest BCUT2D eigenvalue weighted by molar-refractivity contribution is 0.0188. The van der Waals surface area contributed by atoms with Crippen molar-refractivity contribution < 1.29 is 8.85 Å². The predicted octanol–water partition coefficient (Wildman–Crippen LogP) is 5.77. The Morgan fingerprint density at radius 1 is 0.762 bits per heavy atom. The van der Waals surface area contributed by atoms with Gasteiger partial charge in [0, 0.05) is 18.6 Å². The van der Waals surface area contributed by atoms with Crippen LogP contribution in [-0.4, -0.2) is 29.8 Å². The van der Waals surface area contributed by atoms with Crippen molar-refractivity contribution in [1.29, 1.82) is 0 Å². The molecule has 0 aromatic carbocycles. The highest BCUT2D eigenvalue weighted by Crippen LogP contribution is 2.36. The largest absolute Gasteiger partial charge is 0.417 e. The highest BCUT2D eigenvalue weighted by atomic mass is 28.4. The van der Waals surface area contributed by atoms with E-state index in [1.54, 1.807) is 0 Å². The fourth-order valence-electron chi connectivity index (χ4n) is 2.10. The zero-order valence-corrected chi connectivity index (χ0v) is 18.3. The molecule has 2 nitrogen and oxygen atoms in total. The molecular weight excluding hydrogens is 292 g/mol. The molecule has 0 spiro atoms. The van der Waals surface area contributed by atoms with Crippen molar-refractivity contribution in [2.75, 3.05) is 13.2 Å². The van der Waals surface area contributed by atoms with Crippen molar-refractivity contribution in [2.45, 2.75) is 79.8 Å². The van der Waals surface area contributed by atoms with Crippen molar-refractivity contribution in [3.8, 4) is 0 Å². The van der Waals surface area contributed by atoms with Crippen LogP contribution in [0, 0.1) is 17.3 Å². The van der Waals surface area contributed by atoms with Gasteiger partial charge in [-0.25, -0.2) is 0 Å². The molecule has 21 heavy (non-hydrogen) atoms. The molecule has 0 heterocycles. The van der Waals surface area contributed by atoms with E-state index in [2.05, 4.69) is 67.0 Å². The third-order valence-corrected chi connectivity index (χ3v) is 6.05. The Hall–Kier alpha value is 0.354. The van der Waals surface area contributed by atoms with Crippen molar-refractivity contribution in [2.24, 2.45) is 17.3 Å². The summed E-state index contributed by atoms with van der Waals surface area (Å²) in [5, 5.41) is 0. The fraction of sp³-hybridized carbons (Fsp3) is 1.00. The third kappa shape index (κ3) is 9.87. The minimum absolute atomic E-state index is 0.171. The molecule has 0 radical (unpaired) electrons. The Balaban J connectivity index is 5.04. The van der Waals surface area contributed by atoms with E-state index in [9.17, 15) is 0 Å². The van der Waals surface area contributed by atoms with E-state index in [0.29, 0.717) is 5.92 Å². The molecule has 0 aromatic rings. The van der Waals surface area contributed by atoms with Crippen molar-refractivity contribution in [3.63, 3.8) is 0 Å². The summed E-state index contributed by atoms with van der Waals surface area (Å²) in [6.07, 6.45) is 2.46. The summed E-state index contributed by atoms with van der Waals surface area (Å²) in [6.45, 7) is 24.7. The zero-order valence-electron chi connectivity index (χ0n) is 16.3. The van der Waals surface area contributed by atoms with Gasteiger partial charge in [-0.2, -0.15) is 0 Å². The summed E-state index contributed by atoms with van der Waals surface area (Å²) in [5.41, 5.74) is 0.171. The van der Waals surface area contributed by atoms with Crippen molar-refractivity contribution in [1.82, 2.24) is 0 Å². The van der Waals surface area contributed by atoms with Crippen molar-refractivity contribution in [3.05, 3.63) is 0 Å². The van der Waals surface area contributed by atoms with Crippen LogP contribution in [0.2, 0.25) is 39.3 Å². The number of hydrogen-bond acceptors (Lipinski definition) is 2. The van der Waals surface area contributed by atoms with E-state index < -0.39 is 16.6 Å². The van der Waals surface area contributed by atoms with Gasteiger partial charge in [-0.1, -0.05) is 34.1 Å². The molecule has 0 N–H and O–H groups in total. The first-order valence-corrected chi connectivity index (χ1v) is 15.4. The average Bonchev–Trinajstić information content (AvgIpc) is 2.25. The van der Waals surface area contributed by atoms with Crippen LogP contribution < -0.4 is 0 Å². The van der Waals surface area contributed by atoms with E-state index in [1.165, 1.54) is 12.8 Å². The quantitative estimate of drug-likeness (QED) is 0.473. The van der Waals surface area contributed by atoms with Crippen LogP contribution in [0.3, 0.4) is 0 Å². The van der Waals surface area contributed by atoms with Crippen LogP contribution in [0.25, 0.3) is 0 Å². The second-order valence-corrected chi connectivity index (χ2v) is 18.3. The fourth-order valence-corrected chi connectivity index (χ4v) is 3.55. The predicted molar refractivity (Wildman–Crippen MR) is 99.9 cm³/mol. The molecule has 0 saturated heterocycles. The molecule has 4 heteroatoms. The SMILES string of the molecule is CC(C)CCC(CO[Si](C)(C)C)(CO[Si](C)(C)C)C(C)C. The molecular formula is C17H40O2Si2.